The Morgan fingerprint density at radius 1 is 1.33 bits per heavy atom. The van der Waals surface area contributed by atoms with E-state index >= 15 is 0 Å². The van der Waals surface area contributed by atoms with E-state index in [2.05, 4.69) is 9.97 Å². The number of nitrogens with zero attached hydrogens (tertiary/aromatic N) is 2. The number of cyclic esters (lactones) is 1. The molecule has 3 aromatic rings. The Kier molecular flexibility index (Phi) is 3.04. The highest BCUT2D eigenvalue weighted by Gasteiger charge is 2.45. The highest BCUT2D eigenvalue weighted by atomic mass is 16.6. The minimum Gasteiger partial charge on any atom is -0.458 e. The Morgan fingerprint density at radius 3 is 2.93 bits per heavy atom. The van der Waals surface area contributed by atoms with Gasteiger partial charge in [-0.3, -0.25) is 9.59 Å². The number of fused-ring (bicyclic) bond motifs is 5. The molecule has 8 nitrogen and oxygen atoms in total. The van der Waals surface area contributed by atoms with E-state index in [-0.39, 0.29) is 41.8 Å². The first-order valence-electron chi connectivity index (χ1n) is 8.62. The number of hydrogen-bond acceptors (Lipinski definition) is 6. The molecular weight excluding hydrogens is 350 g/mol. The van der Waals surface area contributed by atoms with E-state index in [1.165, 1.54) is 6.20 Å². The predicted octanol–water partition coefficient (Wildman–Crippen LogP) is 0.768. The number of pyridine rings is 3. The van der Waals surface area contributed by atoms with Gasteiger partial charge in [-0.05, 0) is 24.6 Å². The number of aromatic amines is 1. The van der Waals surface area contributed by atoms with Crippen LogP contribution in [-0.4, -0.2) is 25.6 Å². The van der Waals surface area contributed by atoms with Crippen molar-refractivity contribution < 1.29 is 14.6 Å². The fourth-order valence-corrected chi connectivity index (χ4v) is 3.92. The average Bonchev–Trinajstić information content (AvgIpc) is 3.02. The van der Waals surface area contributed by atoms with Crippen molar-refractivity contribution in [1.29, 1.82) is 0 Å². The number of ether oxygens (including phenoxy) is 1. The van der Waals surface area contributed by atoms with Gasteiger partial charge in [0.15, 0.2) is 5.60 Å². The molecular formula is C19H15N3O5. The van der Waals surface area contributed by atoms with E-state index in [0.717, 1.165) is 5.56 Å². The van der Waals surface area contributed by atoms with Crippen LogP contribution in [0.2, 0.25) is 0 Å². The third-order valence-electron chi connectivity index (χ3n) is 5.45. The number of rotatable bonds is 1. The van der Waals surface area contributed by atoms with Crippen molar-refractivity contribution >= 4 is 16.9 Å². The van der Waals surface area contributed by atoms with Crippen LogP contribution < -0.4 is 11.1 Å². The number of esters is 1. The SMILES string of the molecule is CCC1(O)C(=O)OCc2c1cc1n(c2=O)Cc2cc3c(=O)[nH]ccc3nc2-1. The maximum absolute atomic E-state index is 13.0. The van der Waals surface area contributed by atoms with Gasteiger partial charge >= 0.3 is 5.97 Å². The van der Waals surface area contributed by atoms with Gasteiger partial charge in [0.1, 0.15) is 6.61 Å². The van der Waals surface area contributed by atoms with Crippen LogP contribution in [0.25, 0.3) is 22.3 Å². The monoisotopic (exact) mass is 365 g/mol. The lowest BCUT2D eigenvalue weighted by molar-refractivity contribution is -0.172. The normalized spacial score (nSPS) is 20.1. The molecule has 0 radical (unpaired) electrons. The van der Waals surface area contributed by atoms with Crippen LogP contribution in [0.1, 0.15) is 30.0 Å². The summed E-state index contributed by atoms with van der Waals surface area (Å²) < 4.78 is 6.58. The fourth-order valence-electron chi connectivity index (χ4n) is 3.92. The summed E-state index contributed by atoms with van der Waals surface area (Å²) in [5.41, 5.74) is 0.493. The number of aliphatic hydroxyl groups is 1. The molecule has 0 fully saturated rings. The van der Waals surface area contributed by atoms with Crippen molar-refractivity contribution in [3.63, 3.8) is 0 Å². The molecule has 1 unspecified atom stereocenters. The maximum atomic E-state index is 13.0. The quantitative estimate of drug-likeness (QED) is 0.482. The molecule has 0 aromatic carbocycles. The molecule has 8 heteroatoms. The zero-order valence-corrected chi connectivity index (χ0v) is 14.4. The number of H-pyrrole nitrogens is 1. The molecule has 0 amide bonds. The summed E-state index contributed by atoms with van der Waals surface area (Å²) in [6.45, 7) is 1.76. The van der Waals surface area contributed by atoms with E-state index in [1.807, 2.05) is 0 Å². The van der Waals surface area contributed by atoms with Gasteiger partial charge in [0.25, 0.3) is 11.1 Å². The Balaban J connectivity index is 1.82. The number of carbonyl (C=O) groups excluding carboxylic acids is 1. The molecule has 136 valence electrons. The van der Waals surface area contributed by atoms with E-state index in [0.29, 0.717) is 22.3 Å². The lowest BCUT2D eigenvalue weighted by Crippen LogP contribution is -2.44. The van der Waals surface area contributed by atoms with E-state index in [9.17, 15) is 19.5 Å². The van der Waals surface area contributed by atoms with Crippen molar-refractivity contribution in [2.45, 2.75) is 32.1 Å². The fraction of sp³-hybridized carbons (Fsp3) is 0.263. The largest absolute Gasteiger partial charge is 0.458 e. The Bertz CT molecular complexity index is 1270. The summed E-state index contributed by atoms with van der Waals surface area (Å²) in [5.74, 6) is -0.752. The van der Waals surface area contributed by atoms with Crippen LogP contribution in [0.4, 0.5) is 0 Å². The van der Waals surface area contributed by atoms with Crippen LogP contribution in [-0.2, 0) is 28.3 Å². The molecule has 2 aliphatic rings. The maximum Gasteiger partial charge on any atom is 0.343 e. The van der Waals surface area contributed by atoms with E-state index in [4.69, 9.17) is 4.74 Å². The second kappa shape index (κ2) is 5.14. The summed E-state index contributed by atoms with van der Waals surface area (Å²) in [4.78, 5) is 44.4. The number of aromatic nitrogens is 3. The molecule has 1 atom stereocenters. The zero-order chi connectivity index (χ0) is 18.9. The third kappa shape index (κ3) is 1.95. The molecule has 2 aliphatic heterocycles. The highest BCUT2D eigenvalue weighted by Crippen LogP contribution is 2.38. The molecule has 5 rings (SSSR count). The van der Waals surface area contributed by atoms with Crippen LogP contribution in [0.15, 0.2) is 34.0 Å². The van der Waals surface area contributed by atoms with Gasteiger partial charge < -0.3 is 19.4 Å². The smallest absolute Gasteiger partial charge is 0.343 e. The Labute approximate surface area is 152 Å². The summed E-state index contributed by atoms with van der Waals surface area (Å²) in [5, 5.41) is 11.3. The van der Waals surface area contributed by atoms with Gasteiger partial charge in [-0.2, -0.15) is 0 Å². The minimum absolute atomic E-state index is 0.0924. The van der Waals surface area contributed by atoms with Gasteiger partial charge in [-0.25, -0.2) is 9.78 Å². The Hall–Kier alpha value is -3.26. The summed E-state index contributed by atoms with van der Waals surface area (Å²) in [7, 11) is 0. The molecule has 0 spiro atoms. The lowest BCUT2D eigenvalue weighted by atomic mass is 9.86. The van der Waals surface area contributed by atoms with Crippen LogP contribution >= 0.6 is 0 Å². The second-order valence-electron chi connectivity index (χ2n) is 6.84. The molecule has 5 heterocycles. The molecule has 2 N–H and O–H groups in total. The third-order valence-corrected chi connectivity index (χ3v) is 5.45. The number of hydrogen-bond donors (Lipinski definition) is 2. The van der Waals surface area contributed by atoms with Gasteiger partial charge in [-0.15, -0.1) is 0 Å². The number of carbonyl (C=O) groups is 1. The lowest BCUT2D eigenvalue weighted by Gasteiger charge is -2.31. The van der Waals surface area contributed by atoms with Crippen LogP contribution in [0.5, 0.6) is 0 Å². The Morgan fingerprint density at radius 2 is 2.15 bits per heavy atom. The van der Waals surface area contributed by atoms with E-state index in [1.54, 1.807) is 29.7 Å². The standard InChI is InChI=1S/C19H15N3O5/c1-2-19(26)12-6-14-15-9(5-10-13(21-15)3-4-20-16(10)23)7-22(14)17(24)11(12)8-27-18(19)25/h3-6,26H,2,7-8H2,1H3,(H,20,23). The molecule has 0 bridgehead atoms. The van der Waals surface area contributed by atoms with Gasteiger partial charge in [-0.1, -0.05) is 6.92 Å². The molecule has 27 heavy (non-hydrogen) atoms. The zero-order valence-electron chi connectivity index (χ0n) is 14.4. The van der Waals surface area contributed by atoms with Gasteiger partial charge in [0.05, 0.1) is 34.4 Å². The highest BCUT2D eigenvalue weighted by molar-refractivity contribution is 5.85. The predicted molar refractivity (Wildman–Crippen MR) is 95.1 cm³/mol. The van der Waals surface area contributed by atoms with Crippen molar-refractivity contribution in [3.05, 3.63) is 61.8 Å². The summed E-state index contributed by atoms with van der Waals surface area (Å²) in [6, 6.07) is 5.07. The minimum atomic E-state index is -1.85. The van der Waals surface area contributed by atoms with Crippen molar-refractivity contribution in [2.75, 3.05) is 0 Å². The first-order chi connectivity index (χ1) is 12.9. The van der Waals surface area contributed by atoms with Crippen LogP contribution in [0.3, 0.4) is 0 Å². The van der Waals surface area contributed by atoms with Gasteiger partial charge in [0.2, 0.25) is 0 Å². The summed E-state index contributed by atoms with van der Waals surface area (Å²) in [6.07, 6.45) is 1.61. The van der Waals surface area contributed by atoms with Crippen LogP contribution in [0, 0.1) is 0 Å². The van der Waals surface area contributed by atoms with Crippen molar-refractivity contribution in [2.24, 2.45) is 0 Å². The van der Waals surface area contributed by atoms with Crippen molar-refractivity contribution in [1.82, 2.24) is 14.5 Å². The summed E-state index contributed by atoms with van der Waals surface area (Å²) >= 11 is 0. The van der Waals surface area contributed by atoms with Gasteiger partial charge in [0, 0.05) is 17.3 Å². The number of nitrogens with one attached hydrogen (secondary N) is 1. The van der Waals surface area contributed by atoms with Crippen molar-refractivity contribution in [3.8, 4) is 11.4 Å². The second-order valence-corrected chi connectivity index (χ2v) is 6.84. The molecule has 0 saturated heterocycles. The molecule has 0 aliphatic carbocycles. The van der Waals surface area contributed by atoms with E-state index < -0.39 is 11.6 Å². The average molecular weight is 365 g/mol. The molecule has 0 saturated carbocycles. The topological polar surface area (TPSA) is 114 Å². The first kappa shape index (κ1) is 16.0. The first-order valence-corrected chi connectivity index (χ1v) is 8.62. The molecule has 3 aromatic heterocycles.